The molecule has 2 amide bonds. The number of likely N-dealkylation sites (tertiary alicyclic amines) is 1. The average molecular weight is 477 g/mol. The number of nitrogens with two attached hydrogens (primary N) is 1. The molecule has 0 aromatic heterocycles. The van der Waals surface area contributed by atoms with Crippen molar-refractivity contribution in [3.63, 3.8) is 0 Å². The lowest BCUT2D eigenvalue weighted by molar-refractivity contribution is -0.137. The standard InChI is InChI=1S/C24H36N4O4S/c1-16(17-9-5-3-6-10-17)26-23(29)19-15-28(33(2,31)32)20-13-14-27(22(19)20)24(30)21(25)18-11-7-4-8-12-18/h3,5-6,9-10,16,18-22H,4,7-8,11-15,25H2,1-2H3,(H,26,29)/t16-,19+,20-,21+,22?/m1/s1. The molecule has 33 heavy (non-hydrogen) atoms. The first-order valence-electron chi connectivity index (χ1n) is 12.1. The first-order chi connectivity index (χ1) is 15.7. The number of carbonyl (C=O) groups is 2. The highest BCUT2D eigenvalue weighted by Gasteiger charge is 2.55. The molecule has 182 valence electrons. The van der Waals surface area contributed by atoms with Gasteiger partial charge in [-0.15, -0.1) is 0 Å². The van der Waals surface area contributed by atoms with Crippen LogP contribution in [-0.2, 0) is 19.6 Å². The number of benzene rings is 1. The molecule has 1 aromatic carbocycles. The van der Waals surface area contributed by atoms with E-state index in [0.29, 0.717) is 13.0 Å². The molecule has 2 heterocycles. The van der Waals surface area contributed by atoms with Crippen LogP contribution >= 0.6 is 0 Å². The Morgan fingerprint density at radius 1 is 1.09 bits per heavy atom. The smallest absolute Gasteiger partial charge is 0.240 e. The van der Waals surface area contributed by atoms with Gasteiger partial charge in [0.25, 0.3) is 0 Å². The van der Waals surface area contributed by atoms with Gasteiger partial charge < -0.3 is 16.0 Å². The molecule has 1 aromatic rings. The monoisotopic (exact) mass is 476 g/mol. The lowest BCUT2D eigenvalue weighted by Crippen LogP contribution is -2.54. The van der Waals surface area contributed by atoms with E-state index < -0.39 is 28.0 Å². The third-order valence-corrected chi connectivity index (χ3v) is 9.00. The summed E-state index contributed by atoms with van der Waals surface area (Å²) in [5.74, 6) is -0.832. The second-order valence-electron chi connectivity index (χ2n) is 9.88. The van der Waals surface area contributed by atoms with Gasteiger partial charge in [0.1, 0.15) is 0 Å². The summed E-state index contributed by atoms with van der Waals surface area (Å²) in [6.07, 6.45) is 6.95. The van der Waals surface area contributed by atoms with Gasteiger partial charge in [0.2, 0.25) is 21.8 Å². The number of hydrogen-bond acceptors (Lipinski definition) is 5. The van der Waals surface area contributed by atoms with Crippen LogP contribution in [0, 0.1) is 11.8 Å². The number of hydrogen-bond donors (Lipinski definition) is 2. The summed E-state index contributed by atoms with van der Waals surface area (Å²) in [7, 11) is -3.51. The molecule has 1 saturated carbocycles. The summed E-state index contributed by atoms with van der Waals surface area (Å²) in [5.41, 5.74) is 7.40. The maximum absolute atomic E-state index is 13.5. The third kappa shape index (κ3) is 4.95. The summed E-state index contributed by atoms with van der Waals surface area (Å²) < 4.78 is 26.4. The maximum atomic E-state index is 13.5. The number of fused-ring (bicyclic) bond motifs is 1. The van der Waals surface area contributed by atoms with Crippen LogP contribution in [0.1, 0.15) is 57.1 Å². The largest absolute Gasteiger partial charge is 0.349 e. The van der Waals surface area contributed by atoms with E-state index in [9.17, 15) is 18.0 Å². The van der Waals surface area contributed by atoms with Gasteiger partial charge in [-0.3, -0.25) is 9.59 Å². The number of nitrogens with one attached hydrogen (secondary N) is 1. The van der Waals surface area contributed by atoms with Crippen LogP contribution in [0.25, 0.3) is 0 Å². The molecule has 0 radical (unpaired) electrons. The number of sulfonamides is 1. The molecule has 3 aliphatic rings. The van der Waals surface area contributed by atoms with Gasteiger partial charge in [-0.25, -0.2) is 8.42 Å². The SMILES string of the molecule is C[C@@H](NC(=O)[C@H]1CN(S(C)(=O)=O)[C@@H]2CCN(C(=O)[C@@H](N)C3CCCCC3)C12)c1ccccc1. The number of nitrogens with zero attached hydrogens (tertiary/aromatic N) is 2. The highest BCUT2D eigenvalue weighted by molar-refractivity contribution is 7.88. The highest BCUT2D eigenvalue weighted by atomic mass is 32.2. The maximum Gasteiger partial charge on any atom is 0.240 e. The molecular formula is C24H36N4O4S. The van der Waals surface area contributed by atoms with Gasteiger partial charge >= 0.3 is 0 Å². The Kier molecular flexibility index (Phi) is 7.12. The van der Waals surface area contributed by atoms with Crippen LogP contribution < -0.4 is 11.1 Å². The van der Waals surface area contributed by atoms with Gasteiger partial charge in [0, 0.05) is 19.1 Å². The summed E-state index contributed by atoms with van der Waals surface area (Å²) in [6, 6.07) is 7.96. The zero-order valence-corrected chi connectivity index (χ0v) is 20.3. The molecule has 3 fully saturated rings. The van der Waals surface area contributed by atoms with Gasteiger partial charge in [0.05, 0.1) is 30.3 Å². The third-order valence-electron chi connectivity index (χ3n) is 7.73. The van der Waals surface area contributed by atoms with Crippen molar-refractivity contribution in [1.82, 2.24) is 14.5 Å². The van der Waals surface area contributed by atoms with Crippen molar-refractivity contribution >= 4 is 21.8 Å². The topological polar surface area (TPSA) is 113 Å². The second kappa shape index (κ2) is 9.72. The molecule has 8 nitrogen and oxygen atoms in total. The van der Waals surface area contributed by atoms with Crippen molar-refractivity contribution in [3.05, 3.63) is 35.9 Å². The summed E-state index contributed by atoms with van der Waals surface area (Å²) in [4.78, 5) is 28.6. The van der Waals surface area contributed by atoms with E-state index in [2.05, 4.69) is 5.32 Å². The van der Waals surface area contributed by atoms with Gasteiger partial charge in [-0.1, -0.05) is 49.6 Å². The summed E-state index contributed by atoms with van der Waals surface area (Å²) in [5, 5.41) is 3.05. The van der Waals surface area contributed by atoms with Crippen LogP contribution in [0.5, 0.6) is 0 Å². The molecule has 5 atom stereocenters. The van der Waals surface area contributed by atoms with E-state index >= 15 is 0 Å². The van der Waals surface area contributed by atoms with Crippen LogP contribution in [0.15, 0.2) is 30.3 Å². The van der Waals surface area contributed by atoms with Gasteiger partial charge in [-0.2, -0.15) is 4.31 Å². The Bertz CT molecular complexity index is 964. The van der Waals surface area contributed by atoms with Crippen molar-refractivity contribution in [2.45, 2.75) is 69.6 Å². The molecule has 0 bridgehead atoms. The van der Waals surface area contributed by atoms with E-state index in [1.54, 1.807) is 4.90 Å². The fraction of sp³-hybridized carbons (Fsp3) is 0.667. The molecule has 9 heteroatoms. The van der Waals surface area contributed by atoms with Crippen molar-refractivity contribution in [1.29, 1.82) is 0 Å². The zero-order valence-electron chi connectivity index (χ0n) is 19.5. The molecule has 2 aliphatic heterocycles. The molecule has 0 spiro atoms. The molecule has 2 saturated heterocycles. The van der Waals surface area contributed by atoms with E-state index in [1.807, 2.05) is 37.3 Å². The lowest BCUT2D eigenvalue weighted by Gasteiger charge is -2.34. The van der Waals surface area contributed by atoms with Crippen LogP contribution in [-0.4, -0.2) is 66.9 Å². The van der Waals surface area contributed by atoms with Crippen LogP contribution in [0.3, 0.4) is 0 Å². The molecule has 1 aliphatic carbocycles. The van der Waals surface area contributed by atoms with E-state index in [0.717, 1.165) is 31.2 Å². The van der Waals surface area contributed by atoms with Crippen molar-refractivity contribution < 1.29 is 18.0 Å². The predicted octanol–water partition coefficient (Wildman–Crippen LogP) is 1.63. The fourth-order valence-corrected chi connectivity index (χ4v) is 7.10. The minimum Gasteiger partial charge on any atom is -0.349 e. The quantitative estimate of drug-likeness (QED) is 0.648. The summed E-state index contributed by atoms with van der Waals surface area (Å²) >= 11 is 0. The molecular weight excluding hydrogens is 440 g/mol. The minimum absolute atomic E-state index is 0.0873. The Balaban J connectivity index is 1.55. The first-order valence-corrected chi connectivity index (χ1v) is 13.9. The number of carbonyl (C=O) groups excluding carboxylic acids is 2. The first kappa shape index (κ1) is 24.2. The molecule has 1 unspecified atom stereocenters. The van der Waals surface area contributed by atoms with Gasteiger partial charge in [0.15, 0.2) is 0 Å². The van der Waals surface area contributed by atoms with E-state index in [-0.39, 0.29) is 36.4 Å². The highest BCUT2D eigenvalue weighted by Crippen LogP contribution is 2.38. The van der Waals surface area contributed by atoms with Crippen molar-refractivity contribution in [2.75, 3.05) is 19.3 Å². The lowest BCUT2D eigenvalue weighted by atomic mass is 9.83. The number of amides is 2. The average Bonchev–Trinajstić information content (AvgIpc) is 3.39. The Hall–Kier alpha value is -1.97. The Morgan fingerprint density at radius 2 is 1.76 bits per heavy atom. The van der Waals surface area contributed by atoms with E-state index in [1.165, 1.54) is 17.0 Å². The normalized spacial score (nSPS) is 28.3. The molecule has 4 rings (SSSR count). The molecule has 3 N–H and O–H groups in total. The zero-order chi connectivity index (χ0) is 23.8. The number of rotatable bonds is 6. The second-order valence-corrected chi connectivity index (χ2v) is 11.8. The predicted molar refractivity (Wildman–Crippen MR) is 126 cm³/mol. The fourth-order valence-electron chi connectivity index (χ4n) is 5.94. The van der Waals surface area contributed by atoms with E-state index in [4.69, 9.17) is 5.73 Å². The van der Waals surface area contributed by atoms with Crippen LogP contribution in [0.4, 0.5) is 0 Å². The van der Waals surface area contributed by atoms with Crippen LogP contribution in [0.2, 0.25) is 0 Å². The van der Waals surface area contributed by atoms with Crippen molar-refractivity contribution in [3.8, 4) is 0 Å². The van der Waals surface area contributed by atoms with Crippen molar-refractivity contribution in [2.24, 2.45) is 17.6 Å². The Morgan fingerprint density at radius 3 is 2.39 bits per heavy atom. The minimum atomic E-state index is -3.51. The Labute approximate surface area is 196 Å². The summed E-state index contributed by atoms with van der Waals surface area (Å²) in [6.45, 7) is 2.42. The van der Waals surface area contributed by atoms with Gasteiger partial charge in [-0.05, 0) is 37.7 Å².